The van der Waals surface area contributed by atoms with E-state index in [-0.39, 0.29) is 18.2 Å². The zero-order valence-electron chi connectivity index (χ0n) is 11.6. The van der Waals surface area contributed by atoms with E-state index in [0.29, 0.717) is 0 Å². The van der Waals surface area contributed by atoms with Crippen LogP contribution in [0.5, 0.6) is 0 Å². The molecular weight excluding hydrogens is 224 g/mol. The van der Waals surface area contributed by atoms with E-state index in [9.17, 15) is 5.11 Å². The molecule has 0 aromatic heterocycles. The van der Waals surface area contributed by atoms with Gasteiger partial charge in [0, 0.05) is 17.8 Å². The van der Waals surface area contributed by atoms with Crippen LogP contribution in [0.25, 0.3) is 0 Å². The largest absolute Gasteiger partial charge is 0.394 e. The molecule has 0 amide bonds. The first kappa shape index (κ1) is 13.4. The van der Waals surface area contributed by atoms with Crippen LogP contribution in [0, 0.1) is 6.92 Å². The predicted octanol–water partition coefficient (Wildman–Crippen LogP) is 1.93. The first-order valence-electron chi connectivity index (χ1n) is 6.72. The van der Waals surface area contributed by atoms with Gasteiger partial charge in [-0.25, -0.2) is 0 Å². The zero-order valence-corrected chi connectivity index (χ0v) is 11.6. The molecule has 0 bridgehead atoms. The van der Waals surface area contributed by atoms with E-state index in [1.165, 1.54) is 11.3 Å². The summed E-state index contributed by atoms with van der Waals surface area (Å²) < 4.78 is 0. The molecule has 1 heterocycles. The molecule has 1 aliphatic rings. The topological polar surface area (TPSA) is 35.5 Å². The second-order valence-electron chi connectivity index (χ2n) is 5.81. The molecule has 100 valence electrons. The Kier molecular flexibility index (Phi) is 3.93. The van der Waals surface area contributed by atoms with Crippen molar-refractivity contribution in [2.24, 2.45) is 0 Å². The Morgan fingerprint density at radius 2 is 2.00 bits per heavy atom. The van der Waals surface area contributed by atoms with Crippen molar-refractivity contribution in [1.82, 2.24) is 5.32 Å². The molecule has 3 heteroatoms. The summed E-state index contributed by atoms with van der Waals surface area (Å²) >= 11 is 0. The summed E-state index contributed by atoms with van der Waals surface area (Å²) in [6.07, 6.45) is 1.08. The highest BCUT2D eigenvalue weighted by Crippen LogP contribution is 2.30. The van der Waals surface area contributed by atoms with Crippen LogP contribution >= 0.6 is 0 Å². The van der Waals surface area contributed by atoms with Crippen molar-refractivity contribution in [2.45, 2.75) is 38.8 Å². The van der Waals surface area contributed by atoms with Gasteiger partial charge in [0.05, 0.1) is 12.6 Å². The SMILES string of the molecule is Cc1ccc(N2C(CO)CNCCC2(C)C)cc1. The summed E-state index contributed by atoms with van der Waals surface area (Å²) in [6.45, 7) is 8.64. The van der Waals surface area contributed by atoms with Gasteiger partial charge < -0.3 is 15.3 Å². The quantitative estimate of drug-likeness (QED) is 0.839. The zero-order chi connectivity index (χ0) is 13.2. The molecule has 2 N–H and O–H groups in total. The summed E-state index contributed by atoms with van der Waals surface area (Å²) in [7, 11) is 0. The fourth-order valence-electron chi connectivity index (χ4n) is 2.78. The fourth-order valence-corrected chi connectivity index (χ4v) is 2.78. The number of aliphatic hydroxyl groups excluding tert-OH is 1. The lowest BCUT2D eigenvalue weighted by Crippen LogP contribution is -2.52. The Labute approximate surface area is 110 Å². The van der Waals surface area contributed by atoms with Gasteiger partial charge in [0.1, 0.15) is 0 Å². The van der Waals surface area contributed by atoms with Gasteiger partial charge in [-0.2, -0.15) is 0 Å². The van der Waals surface area contributed by atoms with E-state index in [1.54, 1.807) is 0 Å². The molecule has 0 spiro atoms. The average molecular weight is 248 g/mol. The summed E-state index contributed by atoms with van der Waals surface area (Å²) in [4.78, 5) is 2.37. The lowest BCUT2D eigenvalue weighted by Gasteiger charge is -2.43. The van der Waals surface area contributed by atoms with E-state index in [1.807, 2.05) is 0 Å². The number of aryl methyl sites for hydroxylation is 1. The normalized spacial score (nSPS) is 23.8. The minimum atomic E-state index is 0.0617. The molecule has 1 saturated heterocycles. The van der Waals surface area contributed by atoms with Crippen molar-refractivity contribution in [2.75, 3.05) is 24.6 Å². The maximum Gasteiger partial charge on any atom is 0.0650 e. The highest BCUT2D eigenvalue weighted by molar-refractivity contribution is 5.51. The molecule has 1 aromatic rings. The van der Waals surface area contributed by atoms with Crippen LogP contribution in [0.4, 0.5) is 5.69 Å². The Balaban J connectivity index is 2.36. The third-order valence-corrected chi connectivity index (χ3v) is 3.83. The average Bonchev–Trinajstić information content (AvgIpc) is 2.49. The number of benzene rings is 1. The van der Waals surface area contributed by atoms with Crippen LogP contribution in [0.15, 0.2) is 24.3 Å². The van der Waals surface area contributed by atoms with Gasteiger partial charge in [0.2, 0.25) is 0 Å². The van der Waals surface area contributed by atoms with Crippen molar-refractivity contribution >= 4 is 5.69 Å². The lowest BCUT2D eigenvalue weighted by molar-refractivity contribution is 0.245. The number of nitrogens with one attached hydrogen (secondary N) is 1. The molecule has 3 nitrogen and oxygen atoms in total. The molecule has 0 aliphatic carbocycles. The van der Waals surface area contributed by atoms with E-state index >= 15 is 0 Å². The number of aliphatic hydroxyl groups is 1. The van der Waals surface area contributed by atoms with Crippen molar-refractivity contribution in [1.29, 1.82) is 0 Å². The summed E-state index contributed by atoms with van der Waals surface area (Å²) in [5.41, 5.74) is 2.53. The number of nitrogens with zero attached hydrogens (tertiary/aromatic N) is 1. The second-order valence-corrected chi connectivity index (χ2v) is 5.81. The number of hydrogen-bond acceptors (Lipinski definition) is 3. The first-order chi connectivity index (χ1) is 8.54. The third kappa shape index (κ3) is 2.68. The standard InChI is InChI=1S/C15H24N2O/c1-12-4-6-13(7-5-12)17-14(11-18)10-16-9-8-15(17,2)3/h4-7,14,16,18H,8-11H2,1-3H3. The Morgan fingerprint density at radius 1 is 1.33 bits per heavy atom. The molecule has 1 aromatic carbocycles. The fraction of sp³-hybridized carbons (Fsp3) is 0.600. The monoisotopic (exact) mass is 248 g/mol. The molecule has 2 rings (SSSR count). The van der Waals surface area contributed by atoms with Crippen molar-refractivity contribution in [3.05, 3.63) is 29.8 Å². The summed E-state index contributed by atoms with van der Waals surface area (Å²) in [5, 5.41) is 13.1. The molecule has 0 saturated carbocycles. The van der Waals surface area contributed by atoms with Gasteiger partial charge in [-0.15, -0.1) is 0 Å². The predicted molar refractivity (Wildman–Crippen MR) is 76.1 cm³/mol. The van der Waals surface area contributed by atoms with E-state index in [4.69, 9.17) is 0 Å². The van der Waals surface area contributed by atoms with E-state index < -0.39 is 0 Å². The third-order valence-electron chi connectivity index (χ3n) is 3.83. The highest BCUT2D eigenvalue weighted by Gasteiger charge is 2.34. The maximum atomic E-state index is 9.65. The van der Waals surface area contributed by atoms with Gasteiger partial charge in [-0.3, -0.25) is 0 Å². The minimum absolute atomic E-state index is 0.0617. The Bertz CT molecular complexity index is 386. The molecule has 1 atom stereocenters. The Morgan fingerprint density at radius 3 is 2.61 bits per heavy atom. The lowest BCUT2D eigenvalue weighted by atomic mass is 9.95. The van der Waals surface area contributed by atoms with E-state index in [2.05, 4.69) is 55.3 Å². The van der Waals surface area contributed by atoms with E-state index in [0.717, 1.165) is 19.5 Å². The van der Waals surface area contributed by atoms with Crippen LogP contribution in [0.1, 0.15) is 25.8 Å². The van der Waals surface area contributed by atoms with Crippen molar-refractivity contribution < 1.29 is 5.11 Å². The smallest absolute Gasteiger partial charge is 0.0650 e. The van der Waals surface area contributed by atoms with Gasteiger partial charge in [0.15, 0.2) is 0 Å². The molecule has 1 unspecified atom stereocenters. The van der Waals surface area contributed by atoms with Crippen LogP contribution in [0.2, 0.25) is 0 Å². The van der Waals surface area contributed by atoms with Crippen LogP contribution < -0.4 is 10.2 Å². The molecule has 1 fully saturated rings. The first-order valence-corrected chi connectivity index (χ1v) is 6.72. The van der Waals surface area contributed by atoms with Gasteiger partial charge in [0.25, 0.3) is 0 Å². The highest BCUT2D eigenvalue weighted by atomic mass is 16.3. The number of rotatable bonds is 2. The number of anilines is 1. The summed E-state index contributed by atoms with van der Waals surface area (Å²) in [6, 6.07) is 8.73. The van der Waals surface area contributed by atoms with Crippen LogP contribution in [-0.2, 0) is 0 Å². The summed E-state index contributed by atoms with van der Waals surface area (Å²) in [5.74, 6) is 0. The van der Waals surface area contributed by atoms with Crippen LogP contribution in [-0.4, -0.2) is 36.4 Å². The van der Waals surface area contributed by atoms with Crippen LogP contribution in [0.3, 0.4) is 0 Å². The minimum Gasteiger partial charge on any atom is -0.394 e. The van der Waals surface area contributed by atoms with Crippen molar-refractivity contribution in [3.63, 3.8) is 0 Å². The number of hydrogen-bond donors (Lipinski definition) is 2. The molecule has 0 radical (unpaired) electrons. The van der Waals surface area contributed by atoms with Gasteiger partial charge in [-0.1, -0.05) is 17.7 Å². The second kappa shape index (κ2) is 5.29. The Hall–Kier alpha value is -1.06. The van der Waals surface area contributed by atoms with Crippen molar-refractivity contribution in [3.8, 4) is 0 Å². The van der Waals surface area contributed by atoms with Gasteiger partial charge >= 0.3 is 0 Å². The maximum absolute atomic E-state index is 9.65. The molecule has 18 heavy (non-hydrogen) atoms. The van der Waals surface area contributed by atoms with Gasteiger partial charge in [-0.05, 0) is 45.9 Å². The molecular formula is C15H24N2O. The molecule has 1 aliphatic heterocycles.